The summed E-state index contributed by atoms with van der Waals surface area (Å²) in [5, 5.41) is 2.57. The van der Waals surface area contributed by atoms with Gasteiger partial charge in [0.05, 0.1) is 17.0 Å². The SMILES string of the molecule is O=C(Nc1ccccc1SCC(F)(F)F)c1ccc(F)cc1I. The molecule has 0 unspecified atom stereocenters. The summed E-state index contributed by atoms with van der Waals surface area (Å²) in [6.07, 6.45) is -4.30. The first-order valence-corrected chi connectivity index (χ1v) is 8.38. The predicted molar refractivity (Wildman–Crippen MR) is 90.3 cm³/mol. The van der Waals surface area contributed by atoms with Gasteiger partial charge < -0.3 is 5.32 Å². The van der Waals surface area contributed by atoms with Crippen LogP contribution in [0.15, 0.2) is 47.4 Å². The molecule has 23 heavy (non-hydrogen) atoms. The lowest BCUT2D eigenvalue weighted by atomic mass is 10.2. The van der Waals surface area contributed by atoms with Gasteiger partial charge in [0, 0.05) is 8.47 Å². The normalized spacial score (nSPS) is 11.3. The number of halogens is 5. The third kappa shape index (κ3) is 5.38. The molecule has 0 aliphatic heterocycles. The molecule has 0 fully saturated rings. The highest BCUT2D eigenvalue weighted by atomic mass is 127. The molecule has 2 nitrogen and oxygen atoms in total. The highest BCUT2D eigenvalue weighted by Crippen LogP contribution is 2.32. The maximum absolute atomic E-state index is 13.1. The highest BCUT2D eigenvalue weighted by Gasteiger charge is 2.27. The van der Waals surface area contributed by atoms with Gasteiger partial charge >= 0.3 is 6.18 Å². The molecule has 0 atom stereocenters. The van der Waals surface area contributed by atoms with Gasteiger partial charge in [0.15, 0.2) is 0 Å². The zero-order valence-electron chi connectivity index (χ0n) is 11.5. The first kappa shape index (κ1) is 18.1. The number of nitrogens with one attached hydrogen (secondary N) is 1. The maximum Gasteiger partial charge on any atom is 0.398 e. The average molecular weight is 455 g/mol. The molecule has 122 valence electrons. The summed E-state index contributed by atoms with van der Waals surface area (Å²) in [5.74, 6) is -2.02. The average Bonchev–Trinajstić information content (AvgIpc) is 2.45. The number of para-hydroxylation sites is 1. The number of amides is 1. The van der Waals surface area contributed by atoms with Gasteiger partial charge in [-0.3, -0.25) is 4.79 Å². The number of hydrogen-bond donors (Lipinski definition) is 1. The van der Waals surface area contributed by atoms with E-state index in [1.807, 2.05) is 22.6 Å². The second kappa shape index (κ2) is 7.52. The number of rotatable bonds is 4. The Bertz CT molecular complexity index is 721. The van der Waals surface area contributed by atoms with Crippen molar-refractivity contribution in [2.24, 2.45) is 0 Å². The molecule has 0 aliphatic carbocycles. The van der Waals surface area contributed by atoms with Gasteiger partial charge in [-0.2, -0.15) is 13.2 Å². The second-order valence-corrected chi connectivity index (χ2v) is 6.66. The summed E-state index contributed by atoms with van der Waals surface area (Å²) in [7, 11) is 0. The zero-order valence-corrected chi connectivity index (χ0v) is 14.4. The number of anilines is 1. The molecule has 0 saturated heterocycles. The van der Waals surface area contributed by atoms with Crippen LogP contribution in [0.1, 0.15) is 10.4 Å². The van der Waals surface area contributed by atoms with Gasteiger partial charge in [-0.25, -0.2) is 4.39 Å². The fourth-order valence-corrected chi connectivity index (χ4v) is 3.21. The van der Waals surface area contributed by atoms with Crippen molar-refractivity contribution in [3.8, 4) is 0 Å². The van der Waals surface area contributed by atoms with Crippen LogP contribution < -0.4 is 5.32 Å². The fraction of sp³-hybridized carbons (Fsp3) is 0.133. The molecule has 0 bridgehead atoms. The van der Waals surface area contributed by atoms with Crippen molar-refractivity contribution >= 4 is 45.9 Å². The van der Waals surface area contributed by atoms with Crippen LogP contribution in [0.3, 0.4) is 0 Å². The van der Waals surface area contributed by atoms with Crippen LogP contribution in [0.25, 0.3) is 0 Å². The molecule has 0 spiro atoms. The number of hydrogen-bond acceptors (Lipinski definition) is 2. The molecule has 2 rings (SSSR count). The van der Waals surface area contributed by atoms with Crippen molar-refractivity contribution < 1.29 is 22.4 Å². The van der Waals surface area contributed by atoms with E-state index in [4.69, 9.17) is 0 Å². The van der Waals surface area contributed by atoms with Crippen molar-refractivity contribution in [1.82, 2.24) is 0 Å². The summed E-state index contributed by atoms with van der Waals surface area (Å²) in [6.45, 7) is 0. The predicted octanol–water partition coefficient (Wildman–Crippen LogP) is 5.34. The van der Waals surface area contributed by atoms with E-state index in [1.165, 1.54) is 24.3 Å². The maximum atomic E-state index is 13.1. The van der Waals surface area contributed by atoms with E-state index in [-0.39, 0.29) is 11.3 Å². The van der Waals surface area contributed by atoms with Crippen LogP contribution >= 0.6 is 34.4 Å². The molecule has 2 aromatic carbocycles. The summed E-state index contributed by atoms with van der Waals surface area (Å²) in [4.78, 5) is 12.5. The lowest BCUT2D eigenvalue weighted by Crippen LogP contribution is -2.15. The van der Waals surface area contributed by atoms with Gasteiger partial charge in [0.2, 0.25) is 0 Å². The Morgan fingerprint density at radius 2 is 1.87 bits per heavy atom. The molecule has 1 amide bonds. The third-order valence-electron chi connectivity index (χ3n) is 2.70. The minimum Gasteiger partial charge on any atom is -0.321 e. The second-order valence-electron chi connectivity index (χ2n) is 4.48. The molecule has 0 radical (unpaired) electrons. The summed E-state index contributed by atoms with van der Waals surface area (Å²) < 4.78 is 50.5. The van der Waals surface area contributed by atoms with Crippen LogP contribution in [0, 0.1) is 9.39 Å². The number of alkyl halides is 3. The molecule has 0 aromatic heterocycles. The van der Waals surface area contributed by atoms with Crippen molar-refractivity contribution in [3.63, 3.8) is 0 Å². The van der Waals surface area contributed by atoms with E-state index >= 15 is 0 Å². The number of carbonyl (C=O) groups excluding carboxylic acids is 1. The van der Waals surface area contributed by atoms with E-state index in [2.05, 4.69) is 5.32 Å². The van der Waals surface area contributed by atoms with Gasteiger partial charge in [-0.05, 0) is 52.9 Å². The lowest BCUT2D eigenvalue weighted by molar-refractivity contribution is -0.105. The van der Waals surface area contributed by atoms with Crippen LogP contribution in [0.5, 0.6) is 0 Å². The lowest BCUT2D eigenvalue weighted by Gasteiger charge is -2.12. The smallest absolute Gasteiger partial charge is 0.321 e. The van der Waals surface area contributed by atoms with Crippen LogP contribution in [-0.2, 0) is 0 Å². The molecule has 0 aliphatic rings. The third-order valence-corrected chi connectivity index (χ3v) is 4.73. The number of benzene rings is 2. The minimum atomic E-state index is -4.30. The Labute approximate surface area is 147 Å². The van der Waals surface area contributed by atoms with Crippen molar-refractivity contribution in [2.75, 3.05) is 11.1 Å². The molecule has 0 heterocycles. The number of carbonyl (C=O) groups is 1. The Kier molecular flexibility index (Phi) is 5.90. The van der Waals surface area contributed by atoms with E-state index in [9.17, 15) is 22.4 Å². The highest BCUT2D eigenvalue weighted by molar-refractivity contribution is 14.1. The van der Waals surface area contributed by atoms with Gasteiger partial charge in [-0.15, -0.1) is 11.8 Å². The van der Waals surface area contributed by atoms with Gasteiger partial charge in [0.1, 0.15) is 5.82 Å². The van der Waals surface area contributed by atoms with Crippen molar-refractivity contribution in [2.45, 2.75) is 11.1 Å². The number of thioether (sulfide) groups is 1. The van der Waals surface area contributed by atoms with Crippen molar-refractivity contribution in [1.29, 1.82) is 0 Å². The van der Waals surface area contributed by atoms with Crippen LogP contribution in [-0.4, -0.2) is 17.8 Å². The Hall–Kier alpha value is -1.29. The van der Waals surface area contributed by atoms with E-state index in [0.717, 1.165) is 6.07 Å². The van der Waals surface area contributed by atoms with Crippen LogP contribution in [0.2, 0.25) is 0 Å². The topological polar surface area (TPSA) is 29.1 Å². The zero-order chi connectivity index (χ0) is 17.0. The molecule has 2 aromatic rings. The molecular weight excluding hydrogens is 445 g/mol. The Morgan fingerprint density at radius 3 is 2.52 bits per heavy atom. The van der Waals surface area contributed by atoms with Crippen LogP contribution in [0.4, 0.5) is 23.2 Å². The summed E-state index contributed by atoms with van der Waals surface area (Å²) in [5.41, 5.74) is 0.537. The fourth-order valence-electron chi connectivity index (χ4n) is 1.72. The molecule has 1 N–H and O–H groups in total. The minimum absolute atomic E-state index is 0.252. The Balaban J connectivity index is 2.18. The van der Waals surface area contributed by atoms with Gasteiger partial charge in [0.25, 0.3) is 5.91 Å². The molecular formula is C15H10F4INOS. The van der Waals surface area contributed by atoms with E-state index < -0.39 is 23.7 Å². The van der Waals surface area contributed by atoms with E-state index in [0.29, 0.717) is 20.2 Å². The van der Waals surface area contributed by atoms with Crippen molar-refractivity contribution in [3.05, 3.63) is 57.4 Å². The molecule has 0 saturated carbocycles. The largest absolute Gasteiger partial charge is 0.398 e. The van der Waals surface area contributed by atoms with E-state index in [1.54, 1.807) is 12.1 Å². The standard InChI is InChI=1S/C15H10F4INOS/c16-9-5-6-10(11(20)7-9)14(22)21-12-3-1-2-4-13(12)23-8-15(17,18)19/h1-7H,8H2,(H,21,22). The van der Waals surface area contributed by atoms with Gasteiger partial charge in [-0.1, -0.05) is 12.1 Å². The quantitative estimate of drug-likeness (QED) is 0.384. The Morgan fingerprint density at radius 1 is 1.17 bits per heavy atom. The molecule has 8 heteroatoms. The summed E-state index contributed by atoms with van der Waals surface area (Å²) in [6, 6.07) is 9.92. The first-order chi connectivity index (χ1) is 10.8. The first-order valence-electron chi connectivity index (χ1n) is 6.31. The monoisotopic (exact) mass is 455 g/mol. The summed E-state index contributed by atoms with van der Waals surface area (Å²) >= 11 is 2.42.